The molecule has 6 nitrogen and oxygen atoms in total. The summed E-state index contributed by atoms with van der Waals surface area (Å²) in [6.45, 7) is 6.86. The number of nitrogens with zero attached hydrogens (tertiary/aromatic N) is 1. The molecule has 0 amide bonds. The van der Waals surface area contributed by atoms with Gasteiger partial charge in [0.1, 0.15) is 5.82 Å². The molecule has 0 spiro atoms. The summed E-state index contributed by atoms with van der Waals surface area (Å²) in [5, 5.41) is 3.17. The maximum absolute atomic E-state index is 5.52. The smallest absolute Gasteiger partial charge is 0.126 e. The third kappa shape index (κ3) is 9.36. The lowest BCUT2D eigenvalue weighted by Gasteiger charge is -2.07. The first kappa shape index (κ1) is 17.8. The van der Waals surface area contributed by atoms with Crippen LogP contribution >= 0.6 is 0 Å². The Kier molecular flexibility index (Phi) is 10.6. The van der Waals surface area contributed by atoms with Gasteiger partial charge in [0, 0.05) is 13.7 Å². The highest BCUT2D eigenvalue weighted by Gasteiger charge is 1.97. The molecular formula is C15H26N2O4. The number of methoxy groups -OCH3 is 1. The number of aromatic nitrogens is 1. The fourth-order valence-electron chi connectivity index (χ4n) is 1.60. The molecule has 1 heterocycles. The van der Waals surface area contributed by atoms with Crippen molar-refractivity contribution >= 4 is 5.82 Å². The number of anilines is 1. The molecule has 0 fully saturated rings. The van der Waals surface area contributed by atoms with E-state index in [1.54, 1.807) is 7.11 Å². The summed E-state index contributed by atoms with van der Waals surface area (Å²) in [6.07, 6.45) is 0. The fourth-order valence-corrected chi connectivity index (χ4v) is 1.60. The van der Waals surface area contributed by atoms with Gasteiger partial charge in [0.25, 0.3) is 0 Å². The molecule has 0 aromatic carbocycles. The number of ether oxygens (including phenoxy) is 4. The van der Waals surface area contributed by atoms with Crippen LogP contribution < -0.4 is 5.32 Å². The van der Waals surface area contributed by atoms with Gasteiger partial charge in [-0.05, 0) is 19.1 Å². The van der Waals surface area contributed by atoms with Crippen molar-refractivity contribution in [1.82, 2.24) is 4.98 Å². The Hall–Kier alpha value is -1.21. The predicted molar refractivity (Wildman–Crippen MR) is 81.6 cm³/mol. The molecule has 1 aromatic rings. The zero-order valence-electron chi connectivity index (χ0n) is 13.0. The quantitative estimate of drug-likeness (QED) is 0.559. The standard InChI is InChI=1S/C15H26N2O4/c1-3-16-15-6-4-5-14(17-15)13-21-12-11-20-10-9-19-8-7-18-2/h4-6H,3,7-13H2,1-2H3,(H,16,17). The number of hydrogen-bond donors (Lipinski definition) is 1. The van der Waals surface area contributed by atoms with Crippen LogP contribution in [-0.4, -0.2) is 58.3 Å². The summed E-state index contributed by atoms with van der Waals surface area (Å²) in [6, 6.07) is 5.86. The van der Waals surface area contributed by atoms with E-state index >= 15 is 0 Å². The van der Waals surface area contributed by atoms with Gasteiger partial charge in [-0.1, -0.05) is 6.07 Å². The molecule has 120 valence electrons. The summed E-state index contributed by atoms with van der Waals surface area (Å²) < 4.78 is 21.1. The van der Waals surface area contributed by atoms with E-state index in [0.717, 1.165) is 18.1 Å². The fraction of sp³-hybridized carbons (Fsp3) is 0.667. The molecule has 0 aliphatic rings. The molecule has 0 bridgehead atoms. The van der Waals surface area contributed by atoms with Gasteiger partial charge in [-0.3, -0.25) is 0 Å². The lowest BCUT2D eigenvalue weighted by atomic mass is 10.3. The van der Waals surface area contributed by atoms with Crippen LogP contribution in [0.1, 0.15) is 12.6 Å². The Bertz CT molecular complexity index is 363. The summed E-state index contributed by atoms with van der Waals surface area (Å²) in [4.78, 5) is 4.43. The Morgan fingerprint density at radius 1 is 0.952 bits per heavy atom. The van der Waals surface area contributed by atoms with E-state index in [1.165, 1.54) is 0 Å². The van der Waals surface area contributed by atoms with Crippen molar-refractivity contribution in [3.05, 3.63) is 23.9 Å². The van der Waals surface area contributed by atoms with E-state index in [2.05, 4.69) is 10.3 Å². The van der Waals surface area contributed by atoms with Crippen LogP contribution in [0, 0.1) is 0 Å². The Balaban J connectivity index is 1.97. The van der Waals surface area contributed by atoms with Crippen molar-refractivity contribution in [3.8, 4) is 0 Å². The Morgan fingerprint density at radius 2 is 1.62 bits per heavy atom. The minimum atomic E-state index is 0.493. The first-order valence-electron chi connectivity index (χ1n) is 7.28. The molecule has 21 heavy (non-hydrogen) atoms. The second-order valence-corrected chi connectivity index (χ2v) is 4.31. The van der Waals surface area contributed by atoms with Crippen LogP contribution in [0.2, 0.25) is 0 Å². The van der Waals surface area contributed by atoms with Crippen molar-refractivity contribution in [3.63, 3.8) is 0 Å². The van der Waals surface area contributed by atoms with Gasteiger partial charge < -0.3 is 24.3 Å². The van der Waals surface area contributed by atoms with E-state index < -0.39 is 0 Å². The van der Waals surface area contributed by atoms with Crippen LogP contribution in [0.5, 0.6) is 0 Å². The number of nitrogens with one attached hydrogen (secondary N) is 1. The molecule has 6 heteroatoms. The topological polar surface area (TPSA) is 61.8 Å². The van der Waals surface area contributed by atoms with E-state index in [0.29, 0.717) is 46.2 Å². The molecule has 0 saturated heterocycles. The Labute approximate surface area is 126 Å². The molecule has 0 unspecified atom stereocenters. The average molecular weight is 298 g/mol. The second-order valence-electron chi connectivity index (χ2n) is 4.31. The van der Waals surface area contributed by atoms with Gasteiger partial charge in [0.15, 0.2) is 0 Å². The molecular weight excluding hydrogens is 272 g/mol. The highest BCUT2D eigenvalue weighted by Crippen LogP contribution is 2.05. The predicted octanol–water partition coefficient (Wildman–Crippen LogP) is 1.71. The molecule has 0 saturated carbocycles. The van der Waals surface area contributed by atoms with E-state index in [-0.39, 0.29) is 0 Å². The zero-order chi connectivity index (χ0) is 15.2. The molecule has 0 atom stereocenters. The van der Waals surface area contributed by atoms with Crippen LogP contribution in [0.15, 0.2) is 18.2 Å². The summed E-state index contributed by atoms with van der Waals surface area (Å²) >= 11 is 0. The van der Waals surface area contributed by atoms with E-state index in [4.69, 9.17) is 18.9 Å². The SMILES string of the molecule is CCNc1cccc(COCCOCCOCCOC)n1. The third-order valence-electron chi connectivity index (χ3n) is 2.59. The van der Waals surface area contributed by atoms with Crippen LogP contribution in [-0.2, 0) is 25.6 Å². The highest BCUT2D eigenvalue weighted by atomic mass is 16.6. The lowest BCUT2D eigenvalue weighted by molar-refractivity contribution is 0.000481. The van der Waals surface area contributed by atoms with Crippen molar-refractivity contribution in [1.29, 1.82) is 0 Å². The van der Waals surface area contributed by atoms with Crippen molar-refractivity contribution in [2.45, 2.75) is 13.5 Å². The Morgan fingerprint density at radius 3 is 2.29 bits per heavy atom. The normalized spacial score (nSPS) is 10.8. The molecule has 0 aliphatic heterocycles. The van der Waals surface area contributed by atoms with Crippen LogP contribution in [0.3, 0.4) is 0 Å². The van der Waals surface area contributed by atoms with E-state index in [9.17, 15) is 0 Å². The minimum absolute atomic E-state index is 0.493. The number of pyridine rings is 1. The number of rotatable bonds is 13. The van der Waals surface area contributed by atoms with Gasteiger partial charge in [0.2, 0.25) is 0 Å². The number of hydrogen-bond acceptors (Lipinski definition) is 6. The first-order chi connectivity index (χ1) is 10.4. The van der Waals surface area contributed by atoms with Crippen molar-refractivity contribution in [2.75, 3.05) is 58.6 Å². The summed E-state index contributed by atoms with van der Waals surface area (Å²) in [5.74, 6) is 0.878. The van der Waals surface area contributed by atoms with Gasteiger partial charge in [-0.15, -0.1) is 0 Å². The van der Waals surface area contributed by atoms with Gasteiger partial charge in [-0.25, -0.2) is 4.98 Å². The van der Waals surface area contributed by atoms with Gasteiger partial charge >= 0.3 is 0 Å². The molecule has 1 rings (SSSR count). The first-order valence-corrected chi connectivity index (χ1v) is 7.28. The highest BCUT2D eigenvalue weighted by molar-refractivity contribution is 5.34. The monoisotopic (exact) mass is 298 g/mol. The van der Waals surface area contributed by atoms with Gasteiger partial charge in [-0.2, -0.15) is 0 Å². The third-order valence-corrected chi connectivity index (χ3v) is 2.59. The largest absolute Gasteiger partial charge is 0.382 e. The van der Waals surface area contributed by atoms with Crippen molar-refractivity contribution in [2.24, 2.45) is 0 Å². The zero-order valence-corrected chi connectivity index (χ0v) is 13.0. The summed E-state index contributed by atoms with van der Waals surface area (Å²) in [5.41, 5.74) is 0.913. The summed E-state index contributed by atoms with van der Waals surface area (Å²) in [7, 11) is 1.65. The molecule has 1 aromatic heterocycles. The maximum atomic E-state index is 5.52. The van der Waals surface area contributed by atoms with E-state index in [1.807, 2.05) is 25.1 Å². The van der Waals surface area contributed by atoms with Gasteiger partial charge in [0.05, 0.1) is 51.9 Å². The average Bonchev–Trinajstić information content (AvgIpc) is 2.50. The molecule has 0 radical (unpaired) electrons. The lowest BCUT2D eigenvalue weighted by Crippen LogP contribution is -2.11. The van der Waals surface area contributed by atoms with Crippen LogP contribution in [0.4, 0.5) is 5.82 Å². The molecule has 1 N–H and O–H groups in total. The van der Waals surface area contributed by atoms with Crippen LogP contribution in [0.25, 0.3) is 0 Å². The van der Waals surface area contributed by atoms with Crippen molar-refractivity contribution < 1.29 is 18.9 Å². The molecule has 0 aliphatic carbocycles. The minimum Gasteiger partial charge on any atom is -0.382 e. The maximum Gasteiger partial charge on any atom is 0.126 e. The second kappa shape index (κ2) is 12.5.